The molecule has 0 aliphatic carbocycles. The molecule has 0 radical (unpaired) electrons. The highest BCUT2D eigenvalue weighted by atomic mass is 32.2. The number of hydrogen-bond donors (Lipinski definition) is 1. The van der Waals surface area contributed by atoms with Gasteiger partial charge in [-0.2, -0.15) is 13.4 Å². The first-order valence-electron chi connectivity index (χ1n) is 7.16. The SMILES string of the molecule is Cc1ccn2nc(S(=O)(=O)Nc3c(C)ccc(C)c3[N+](=O)[O-])nc2n1. The number of anilines is 1. The van der Waals surface area contributed by atoms with Gasteiger partial charge in [-0.25, -0.2) is 9.50 Å². The lowest BCUT2D eigenvalue weighted by molar-refractivity contribution is -0.384. The first-order valence-corrected chi connectivity index (χ1v) is 8.65. The molecule has 1 aromatic carbocycles. The van der Waals surface area contributed by atoms with Gasteiger partial charge in [-0.15, -0.1) is 5.10 Å². The molecular formula is C14H14N6O4S. The van der Waals surface area contributed by atoms with E-state index in [1.54, 1.807) is 32.0 Å². The molecule has 0 atom stereocenters. The minimum absolute atomic E-state index is 0.104. The molecule has 0 aliphatic heterocycles. The number of aromatic nitrogens is 4. The van der Waals surface area contributed by atoms with Crippen molar-refractivity contribution < 1.29 is 13.3 Å². The summed E-state index contributed by atoms with van der Waals surface area (Å²) in [7, 11) is -4.22. The van der Waals surface area contributed by atoms with Gasteiger partial charge in [-0.3, -0.25) is 14.8 Å². The molecule has 0 spiro atoms. The Morgan fingerprint density at radius 1 is 1.12 bits per heavy atom. The van der Waals surface area contributed by atoms with Gasteiger partial charge in [0.1, 0.15) is 5.69 Å². The van der Waals surface area contributed by atoms with Crippen LogP contribution in [-0.4, -0.2) is 32.9 Å². The fourth-order valence-electron chi connectivity index (χ4n) is 2.30. The van der Waals surface area contributed by atoms with E-state index in [9.17, 15) is 18.5 Å². The zero-order valence-electron chi connectivity index (χ0n) is 13.6. The van der Waals surface area contributed by atoms with Gasteiger partial charge in [0, 0.05) is 17.5 Å². The Bertz CT molecular complexity index is 1110. The highest BCUT2D eigenvalue weighted by Gasteiger charge is 2.27. The minimum atomic E-state index is -4.22. The van der Waals surface area contributed by atoms with Crippen LogP contribution in [0.1, 0.15) is 16.8 Å². The second-order valence-electron chi connectivity index (χ2n) is 5.49. The number of hydrogen-bond acceptors (Lipinski definition) is 7. The Morgan fingerprint density at radius 3 is 2.48 bits per heavy atom. The fraction of sp³-hybridized carbons (Fsp3) is 0.214. The summed E-state index contributed by atoms with van der Waals surface area (Å²) in [5, 5.41) is 14.7. The normalized spacial score (nSPS) is 11.6. The van der Waals surface area contributed by atoms with Crippen molar-refractivity contribution in [3.8, 4) is 0 Å². The van der Waals surface area contributed by atoms with Crippen LogP contribution in [0.5, 0.6) is 0 Å². The minimum Gasteiger partial charge on any atom is -0.270 e. The van der Waals surface area contributed by atoms with E-state index in [-0.39, 0.29) is 17.2 Å². The van der Waals surface area contributed by atoms with E-state index in [2.05, 4.69) is 19.8 Å². The molecule has 3 rings (SSSR count). The van der Waals surface area contributed by atoms with Crippen molar-refractivity contribution in [2.75, 3.05) is 4.72 Å². The van der Waals surface area contributed by atoms with Crippen molar-refractivity contribution >= 4 is 27.2 Å². The molecule has 10 nitrogen and oxygen atoms in total. The molecule has 0 saturated heterocycles. The van der Waals surface area contributed by atoms with Crippen LogP contribution in [0.2, 0.25) is 0 Å². The lowest BCUT2D eigenvalue weighted by Crippen LogP contribution is -2.17. The summed E-state index contributed by atoms with van der Waals surface area (Å²) in [5.41, 5.74) is 1.00. The Hall–Kier alpha value is -3.08. The number of nitrogens with one attached hydrogen (secondary N) is 1. The number of aryl methyl sites for hydroxylation is 3. The molecule has 0 amide bonds. The maximum atomic E-state index is 12.6. The molecule has 2 aromatic heterocycles. The van der Waals surface area contributed by atoms with Gasteiger partial charge in [0.25, 0.3) is 26.6 Å². The van der Waals surface area contributed by atoms with Crippen LogP contribution in [0, 0.1) is 30.9 Å². The van der Waals surface area contributed by atoms with Crippen LogP contribution < -0.4 is 4.72 Å². The Labute approximate surface area is 142 Å². The second kappa shape index (κ2) is 5.77. The molecule has 3 aromatic rings. The van der Waals surface area contributed by atoms with Gasteiger partial charge in [0.15, 0.2) is 0 Å². The lowest BCUT2D eigenvalue weighted by Gasteiger charge is -2.10. The van der Waals surface area contributed by atoms with Gasteiger partial charge >= 0.3 is 0 Å². The Kier molecular flexibility index (Phi) is 3.87. The molecule has 2 heterocycles. The quantitative estimate of drug-likeness (QED) is 0.552. The van der Waals surface area contributed by atoms with Crippen molar-refractivity contribution in [1.29, 1.82) is 0 Å². The average Bonchev–Trinajstić information content (AvgIpc) is 2.94. The monoisotopic (exact) mass is 362 g/mol. The molecule has 0 saturated carbocycles. The molecular weight excluding hydrogens is 348 g/mol. The van der Waals surface area contributed by atoms with Crippen molar-refractivity contribution in [3.63, 3.8) is 0 Å². The third-order valence-corrected chi connectivity index (χ3v) is 4.70. The van der Waals surface area contributed by atoms with E-state index in [0.29, 0.717) is 16.8 Å². The average molecular weight is 362 g/mol. The number of benzene rings is 1. The van der Waals surface area contributed by atoms with Crippen LogP contribution in [0.3, 0.4) is 0 Å². The van der Waals surface area contributed by atoms with Crippen molar-refractivity contribution in [2.24, 2.45) is 0 Å². The molecule has 0 fully saturated rings. The first kappa shape index (κ1) is 16.8. The summed E-state index contributed by atoms with van der Waals surface area (Å²) in [6.45, 7) is 4.85. The molecule has 0 unspecified atom stereocenters. The first-order chi connectivity index (χ1) is 11.7. The predicted octanol–water partition coefficient (Wildman–Crippen LogP) is 1.76. The topological polar surface area (TPSA) is 132 Å². The third-order valence-electron chi connectivity index (χ3n) is 3.57. The van der Waals surface area contributed by atoms with E-state index >= 15 is 0 Å². The number of nitro groups is 1. The van der Waals surface area contributed by atoms with E-state index in [4.69, 9.17) is 0 Å². The molecule has 130 valence electrons. The summed E-state index contributed by atoms with van der Waals surface area (Å²) < 4.78 is 28.6. The zero-order valence-corrected chi connectivity index (χ0v) is 14.4. The van der Waals surface area contributed by atoms with Crippen LogP contribution in [0.4, 0.5) is 11.4 Å². The van der Waals surface area contributed by atoms with Crippen LogP contribution in [-0.2, 0) is 10.0 Å². The van der Waals surface area contributed by atoms with Gasteiger partial charge in [-0.1, -0.05) is 12.1 Å². The maximum absolute atomic E-state index is 12.6. The second-order valence-corrected chi connectivity index (χ2v) is 7.07. The largest absolute Gasteiger partial charge is 0.299 e. The summed E-state index contributed by atoms with van der Waals surface area (Å²) >= 11 is 0. The number of fused-ring (bicyclic) bond motifs is 1. The predicted molar refractivity (Wildman–Crippen MR) is 88.9 cm³/mol. The smallest absolute Gasteiger partial charge is 0.270 e. The Balaban J connectivity index is 2.10. The molecule has 0 aliphatic rings. The third kappa shape index (κ3) is 3.01. The van der Waals surface area contributed by atoms with E-state index in [1.165, 1.54) is 17.6 Å². The number of nitro benzene ring substituents is 1. The fourth-order valence-corrected chi connectivity index (χ4v) is 3.31. The number of nitrogens with zero attached hydrogens (tertiary/aromatic N) is 5. The van der Waals surface area contributed by atoms with Gasteiger partial charge in [-0.05, 0) is 32.4 Å². The lowest BCUT2D eigenvalue weighted by atomic mass is 10.1. The number of sulfonamides is 1. The summed E-state index contributed by atoms with van der Waals surface area (Å²) in [4.78, 5) is 18.7. The van der Waals surface area contributed by atoms with Gasteiger partial charge < -0.3 is 0 Å². The van der Waals surface area contributed by atoms with Crippen molar-refractivity contribution in [1.82, 2.24) is 19.6 Å². The highest BCUT2D eigenvalue weighted by molar-refractivity contribution is 7.92. The molecule has 25 heavy (non-hydrogen) atoms. The van der Waals surface area contributed by atoms with Crippen LogP contribution in [0.15, 0.2) is 29.6 Å². The van der Waals surface area contributed by atoms with Gasteiger partial charge in [0.05, 0.1) is 4.92 Å². The molecule has 11 heteroatoms. The zero-order chi connectivity index (χ0) is 18.4. The molecule has 1 N–H and O–H groups in total. The van der Waals surface area contributed by atoms with Crippen molar-refractivity contribution in [3.05, 3.63) is 51.3 Å². The summed E-state index contributed by atoms with van der Waals surface area (Å²) in [6.07, 6.45) is 1.53. The summed E-state index contributed by atoms with van der Waals surface area (Å²) in [5.74, 6) is 0.121. The van der Waals surface area contributed by atoms with E-state index in [1.807, 2.05) is 0 Å². The van der Waals surface area contributed by atoms with Crippen LogP contribution in [0.25, 0.3) is 5.78 Å². The van der Waals surface area contributed by atoms with Gasteiger partial charge in [0.2, 0.25) is 0 Å². The highest BCUT2D eigenvalue weighted by Crippen LogP contribution is 2.32. The van der Waals surface area contributed by atoms with Crippen molar-refractivity contribution in [2.45, 2.75) is 25.9 Å². The number of rotatable bonds is 4. The summed E-state index contributed by atoms with van der Waals surface area (Å²) in [6, 6.07) is 4.81. The van der Waals surface area contributed by atoms with E-state index < -0.39 is 20.1 Å². The Morgan fingerprint density at radius 2 is 1.80 bits per heavy atom. The maximum Gasteiger partial charge on any atom is 0.299 e. The van der Waals surface area contributed by atoms with E-state index in [0.717, 1.165) is 0 Å². The molecule has 0 bridgehead atoms. The standard InChI is InChI=1S/C14H14N6O4S/c1-8-4-5-9(2)12(20(21)22)11(8)18-25(23,24)14-16-13-15-10(3)6-7-19(13)17-14/h4-7,18H,1-3H3. The van der Waals surface area contributed by atoms with Crippen LogP contribution >= 0.6 is 0 Å².